The van der Waals surface area contributed by atoms with Gasteiger partial charge in [0.1, 0.15) is 0 Å². The van der Waals surface area contributed by atoms with E-state index in [9.17, 15) is 0 Å². The lowest BCUT2D eigenvalue weighted by Crippen LogP contribution is -2.00. The summed E-state index contributed by atoms with van der Waals surface area (Å²) in [5, 5.41) is 11.1. The van der Waals surface area contributed by atoms with Gasteiger partial charge in [0.2, 0.25) is 0 Å². The third kappa shape index (κ3) is 2.33. The highest BCUT2D eigenvalue weighted by Crippen LogP contribution is 2.18. The van der Waals surface area contributed by atoms with Crippen LogP contribution in [0.2, 0.25) is 0 Å². The smallest absolute Gasteiger partial charge is 0.178 e. The predicted molar refractivity (Wildman–Crippen MR) is 79.9 cm³/mol. The molecule has 19 heavy (non-hydrogen) atoms. The predicted octanol–water partition coefficient (Wildman–Crippen LogP) is 3.87. The standard InChI is InChI=1S/C14H11N3S2/c15-9-10-3-4-12-13(8-10)17(14(18)16-12)6-5-11-2-1-7-19-11/h1-4,7-8H,5-6H2,(H,16,18). The summed E-state index contributed by atoms with van der Waals surface area (Å²) in [5.41, 5.74) is 2.64. The van der Waals surface area contributed by atoms with Crippen molar-refractivity contribution in [1.82, 2.24) is 9.55 Å². The minimum absolute atomic E-state index is 0.659. The third-order valence-corrected chi connectivity index (χ3v) is 4.32. The molecule has 0 aliphatic heterocycles. The molecule has 3 nitrogen and oxygen atoms in total. The number of fused-ring (bicyclic) bond motifs is 1. The van der Waals surface area contributed by atoms with Gasteiger partial charge in [-0.3, -0.25) is 0 Å². The summed E-state index contributed by atoms with van der Waals surface area (Å²) in [7, 11) is 0. The number of H-pyrrole nitrogens is 1. The Morgan fingerprint density at radius 3 is 3.00 bits per heavy atom. The highest BCUT2D eigenvalue weighted by atomic mass is 32.1. The Bertz CT molecular complexity index is 803. The van der Waals surface area contributed by atoms with Crippen molar-refractivity contribution in [3.05, 3.63) is 50.9 Å². The van der Waals surface area contributed by atoms with Crippen LogP contribution >= 0.6 is 23.6 Å². The monoisotopic (exact) mass is 285 g/mol. The molecular weight excluding hydrogens is 274 g/mol. The molecule has 3 aromatic rings. The van der Waals surface area contributed by atoms with Crippen LogP contribution in [0.3, 0.4) is 0 Å². The van der Waals surface area contributed by atoms with Crippen molar-refractivity contribution in [1.29, 1.82) is 5.26 Å². The van der Waals surface area contributed by atoms with Crippen LogP contribution in [0.5, 0.6) is 0 Å². The van der Waals surface area contributed by atoms with Gasteiger partial charge in [-0.25, -0.2) is 0 Å². The summed E-state index contributed by atoms with van der Waals surface area (Å²) < 4.78 is 2.77. The number of benzene rings is 1. The van der Waals surface area contributed by atoms with Gasteiger partial charge >= 0.3 is 0 Å². The zero-order valence-electron chi connectivity index (χ0n) is 10.1. The second-order valence-corrected chi connectivity index (χ2v) is 5.67. The fourth-order valence-electron chi connectivity index (χ4n) is 2.12. The molecule has 0 saturated heterocycles. The van der Waals surface area contributed by atoms with E-state index in [1.807, 2.05) is 12.1 Å². The van der Waals surface area contributed by atoms with Gasteiger partial charge in [-0.1, -0.05) is 6.07 Å². The van der Waals surface area contributed by atoms with Crippen LogP contribution in [0, 0.1) is 16.1 Å². The van der Waals surface area contributed by atoms with Crippen LogP contribution < -0.4 is 0 Å². The topological polar surface area (TPSA) is 44.5 Å². The summed E-state index contributed by atoms with van der Waals surface area (Å²) in [4.78, 5) is 4.52. The van der Waals surface area contributed by atoms with Gasteiger partial charge in [0, 0.05) is 11.4 Å². The largest absolute Gasteiger partial charge is 0.331 e. The molecule has 0 saturated carbocycles. The lowest BCUT2D eigenvalue weighted by molar-refractivity contribution is 0.712. The first-order chi connectivity index (χ1) is 9.28. The number of rotatable bonds is 3. The van der Waals surface area contributed by atoms with Crippen LogP contribution in [-0.4, -0.2) is 9.55 Å². The zero-order chi connectivity index (χ0) is 13.2. The lowest BCUT2D eigenvalue weighted by Gasteiger charge is -2.03. The van der Waals surface area contributed by atoms with Gasteiger partial charge in [-0.15, -0.1) is 11.3 Å². The van der Waals surface area contributed by atoms with Crippen molar-refractivity contribution in [2.24, 2.45) is 0 Å². The molecule has 2 aromatic heterocycles. The van der Waals surface area contributed by atoms with E-state index in [-0.39, 0.29) is 0 Å². The third-order valence-electron chi connectivity index (χ3n) is 3.07. The summed E-state index contributed by atoms with van der Waals surface area (Å²) in [6.45, 7) is 0.828. The summed E-state index contributed by atoms with van der Waals surface area (Å²) >= 11 is 7.11. The van der Waals surface area contributed by atoms with Gasteiger partial charge < -0.3 is 9.55 Å². The van der Waals surface area contributed by atoms with Crippen molar-refractivity contribution >= 4 is 34.6 Å². The highest BCUT2D eigenvalue weighted by molar-refractivity contribution is 7.71. The fraction of sp³-hybridized carbons (Fsp3) is 0.143. The Balaban J connectivity index is 2.00. The average molecular weight is 285 g/mol. The second-order valence-electron chi connectivity index (χ2n) is 4.25. The summed E-state index contributed by atoms with van der Waals surface area (Å²) in [6.07, 6.45) is 0.954. The number of aromatic nitrogens is 2. The van der Waals surface area contributed by atoms with Crippen LogP contribution in [0.1, 0.15) is 10.4 Å². The Hall–Kier alpha value is -1.90. The molecular formula is C14H11N3S2. The van der Waals surface area contributed by atoms with Crippen LogP contribution in [0.15, 0.2) is 35.7 Å². The molecule has 0 unspecified atom stereocenters. The highest BCUT2D eigenvalue weighted by Gasteiger charge is 2.06. The fourth-order valence-corrected chi connectivity index (χ4v) is 3.12. The Kier molecular flexibility index (Phi) is 3.20. The molecule has 0 radical (unpaired) electrons. The molecule has 0 atom stereocenters. The molecule has 0 bridgehead atoms. The van der Waals surface area contributed by atoms with Gasteiger partial charge in [0.05, 0.1) is 22.7 Å². The SMILES string of the molecule is N#Cc1ccc2[nH]c(=S)n(CCc3cccs3)c2c1. The number of nitrogens with zero attached hydrogens (tertiary/aromatic N) is 2. The average Bonchev–Trinajstić information content (AvgIpc) is 3.03. The molecule has 0 amide bonds. The van der Waals surface area contributed by atoms with E-state index in [0.29, 0.717) is 10.3 Å². The van der Waals surface area contributed by atoms with Gasteiger partial charge in [0.15, 0.2) is 4.77 Å². The molecule has 0 spiro atoms. The van der Waals surface area contributed by atoms with E-state index in [1.165, 1.54) is 4.88 Å². The molecule has 94 valence electrons. The van der Waals surface area contributed by atoms with Crippen LogP contribution in [0.4, 0.5) is 0 Å². The first kappa shape index (κ1) is 12.2. The first-order valence-electron chi connectivity index (χ1n) is 5.93. The molecule has 1 N–H and O–H groups in total. The van der Waals surface area contributed by atoms with E-state index in [0.717, 1.165) is 24.0 Å². The second kappa shape index (κ2) is 5.00. The number of imidazole rings is 1. The Labute approximate surface area is 119 Å². The number of nitriles is 1. The van der Waals surface area contributed by atoms with E-state index in [1.54, 1.807) is 17.4 Å². The Morgan fingerprint density at radius 1 is 1.37 bits per heavy atom. The summed E-state index contributed by atoms with van der Waals surface area (Å²) in [6, 6.07) is 11.9. The minimum atomic E-state index is 0.659. The molecule has 3 rings (SSSR count). The van der Waals surface area contributed by atoms with Crippen molar-refractivity contribution in [3.8, 4) is 6.07 Å². The Morgan fingerprint density at radius 2 is 2.26 bits per heavy atom. The molecule has 0 fully saturated rings. The minimum Gasteiger partial charge on any atom is -0.331 e. The van der Waals surface area contributed by atoms with Crippen molar-refractivity contribution in [3.63, 3.8) is 0 Å². The molecule has 2 heterocycles. The van der Waals surface area contributed by atoms with E-state index in [4.69, 9.17) is 17.5 Å². The molecule has 0 aliphatic rings. The van der Waals surface area contributed by atoms with Gasteiger partial charge in [0.25, 0.3) is 0 Å². The van der Waals surface area contributed by atoms with Crippen molar-refractivity contribution < 1.29 is 0 Å². The number of aromatic amines is 1. The molecule has 5 heteroatoms. The van der Waals surface area contributed by atoms with E-state index < -0.39 is 0 Å². The van der Waals surface area contributed by atoms with E-state index in [2.05, 4.69) is 33.1 Å². The number of aryl methyl sites for hydroxylation is 2. The lowest BCUT2D eigenvalue weighted by atomic mass is 10.2. The maximum absolute atomic E-state index is 8.98. The summed E-state index contributed by atoms with van der Waals surface area (Å²) in [5.74, 6) is 0. The number of thiophene rings is 1. The number of nitrogens with one attached hydrogen (secondary N) is 1. The number of hydrogen-bond donors (Lipinski definition) is 1. The molecule has 1 aromatic carbocycles. The normalized spacial score (nSPS) is 10.7. The van der Waals surface area contributed by atoms with Gasteiger partial charge in [-0.2, -0.15) is 5.26 Å². The quantitative estimate of drug-likeness (QED) is 0.742. The van der Waals surface area contributed by atoms with Crippen molar-refractivity contribution in [2.45, 2.75) is 13.0 Å². The maximum atomic E-state index is 8.98. The van der Waals surface area contributed by atoms with Crippen molar-refractivity contribution in [2.75, 3.05) is 0 Å². The van der Waals surface area contributed by atoms with Crippen LogP contribution in [-0.2, 0) is 13.0 Å². The maximum Gasteiger partial charge on any atom is 0.178 e. The van der Waals surface area contributed by atoms with Gasteiger partial charge in [-0.05, 0) is 48.3 Å². The zero-order valence-corrected chi connectivity index (χ0v) is 11.7. The first-order valence-corrected chi connectivity index (χ1v) is 7.22. The molecule has 0 aliphatic carbocycles. The van der Waals surface area contributed by atoms with Crippen LogP contribution in [0.25, 0.3) is 11.0 Å². The van der Waals surface area contributed by atoms with E-state index >= 15 is 0 Å². The number of hydrogen-bond acceptors (Lipinski definition) is 3.